The van der Waals surface area contributed by atoms with Crippen LogP contribution in [0.2, 0.25) is 0 Å². The van der Waals surface area contributed by atoms with Gasteiger partial charge in [0.05, 0.1) is 11.0 Å². The molecule has 0 radical (unpaired) electrons. The minimum absolute atomic E-state index is 1.11. The van der Waals surface area contributed by atoms with Crippen LogP contribution in [0.5, 0.6) is 0 Å². The van der Waals surface area contributed by atoms with Gasteiger partial charge in [0, 0.05) is 33.5 Å². The van der Waals surface area contributed by atoms with Crippen molar-refractivity contribution in [3.63, 3.8) is 0 Å². The summed E-state index contributed by atoms with van der Waals surface area (Å²) in [6, 6.07) is 102. The molecule has 0 N–H and O–H groups in total. The Bertz CT molecular complexity index is 3910. The number of anilines is 3. The molecule has 13 rings (SSSR count). The highest BCUT2D eigenvalue weighted by molar-refractivity contribution is 6.21. The summed E-state index contributed by atoms with van der Waals surface area (Å²) in [6.45, 7) is 0. The molecule has 0 aliphatic carbocycles. The zero-order valence-electron chi connectivity index (χ0n) is 38.5. The Morgan fingerprint density at radius 1 is 0.229 bits per heavy atom. The number of benzene rings is 12. The number of rotatable bonds is 9. The molecule has 12 aromatic carbocycles. The van der Waals surface area contributed by atoms with E-state index in [-0.39, 0.29) is 0 Å². The maximum atomic E-state index is 2.44. The average Bonchev–Trinajstić information content (AvgIpc) is 3.76. The van der Waals surface area contributed by atoms with Gasteiger partial charge >= 0.3 is 0 Å². The smallest absolute Gasteiger partial charge is 0.0541 e. The van der Waals surface area contributed by atoms with E-state index in [9.17, 15) is 0 Å². The molecule has 328 valence electrons. The number of hydrogen-bond donors (Lipinski definition) is 0. The summed E-state index contributed by atoms with van der Waals surface area (Å²) in [5, 5.41) is 7.44. The van der Waals surface area contributed by atoms with Crippen molar-refractivity contribution >= 4 is 60.4 Å². The summed E-state index contributed by atoms with van der Waals surface area (Å²) < 4.78 is 2.44. The van der Waals surface area contributed by atoms with Gasteiger partial charge in [-0.25, -0.2) is 0 Å². The van der Waals surface area contributed by atoms with E-state index in [0.717, 1.165) is 22.7 Å². The van der Waals surface area contributed by atoms with E-state index in [1.165, 1.54) is 99.0 Å². The lowest BCUT2D eigenvalue weighted by Gasteiger charge is -2.25. The molecule has 70 heavy (non-hydrogen) atoms. The van der Waals surface area contributed by atoms with Gasteiger partial charge < -0.3 is 9.47 Å². The van der Waals surface area contributed by atoms with Gasteiger partial charge in [-0.15, -0.1) is 0 Å². The zero-order chi connectivity index (χ0) is 46.4. The predicted octanol–water partition coefficient (Wildman–Crippen LogP) is 18.9. The van der Waals surface area contributed by atoms with Crippen LogP contribution in [0, 0.1) is 0 Å². The van der Waals surface area contributed by atoms with Gasteiger partial charge in [-0.2, -0.15) is 0 Å². The van der Waals surface area contributed by atoms with Crippen LogP contribution < -0.4 is 4.90 Å². The lowest BCUT2D eigenvalue weighted by molar-refractivity contribution is 1.18. The summed E-state index contributed by atoms with van der Waals surface area (Å²) in [5.41, 5.74) is 18.9. The molecule has 0 fully saturated rings. The highest BCUT2D eigenvalue weighted by Gasteiger charge is 2.20. The van der Waals surface area contributed by atoms with Crippen LogP contribution in [0.15, 0.2) is 279 Å². The van der Waals surface area contributed by atoms with Crippen molar-refractivity contribution in [2.45, 2.75) is 0 Å². The predicted molar refractivity (Wildman–Crippen MR) is 298 cm³/mol. The van der Waals surface area contributed by atoms with Gasteiger partial charge in [0.25, 0.3) is 0 Å². The topological polar surface area (TPSA) is 8.17 Å². The second-order valence-corrected chi connectivity index (χ2v) is 18.0. The first-order chi connectivity index (χ1) is 34.7. The Kier molecular flexibility index (Phi) is 10.2. The quantitative estimate of drug-likeness (QED) is 0.131. The molecule has 0 spiro atoms. The lowest BCUT2D eigenvalue weighted by Crippen LogP contribution is -2.09. The van der Waals surface area contributed by atoms with Crippen LogP contribution >= 0.6 is 0 Å². The third-order valence-corrected chi connectivity index (χ3v) is 14.0. The number of fused-ring (bicyclic) bond motifs is 5. The summed E-state index contributed by atoms with van der Waals surface area (Å²) in [7, 11) is 0. The normalized spacial score (nSPS) is 11.4. The fourth-order valence-electron chi connectivity index (χ4n) is 10.8. The van der Waals surface area contributed by atoms with Crippen molar-refractivity contribution in [1.29, 1.82) is 0 Å². The Morgan fingerprint density at radius 2 is 0.586 bits per heavy atom. The van der Waals surface area contributed by atoms with E-state index in [0.29, 0.717) is 0 Å². The minimum atomic E-state index is 1.11. The van der Waals surface area contributed by atoms with Crippen molar-refractivity contribution in [1.82, 2.24) is 4.57 Å². The molecule has 13 aromatic rings. The van der Waals surface area contributed by atoms with Crippen molar-refractivity contribution < 1.29 is 0 Å². The van der Waals surface area contributed by atoms with E-state index in [4.69, 9.17) is 0 Å². The minimum Gasteiger partial charge on any atom is -0.311 e. The average molecular weight is 891 g/mol. The molecule has 0 bridgehead atoms. The number of hydrogen-bond acceptors (Lipinski definition) is 1. The Morgan fingerprint density at radius 3 is 1.10 bits per heavy atom. The monoisotopic (exact) mass is 890 g/mol. The fraction of sp³-hybridized carbons (Fsp3) is 0. The van der Waals surface area contributed by atoms with E-state index in [1.807, 2.05) is 0 Å². The molecule has 0 unspecified atom stereocenters. The SMILES string of the molecule is c1ccc(-c2ccccc2-c2ccc3c(c2)c2cc(-c4ccc(N(c5ccccc5)c5ccccc5)cc4)ccc2n3-c2ccc(-c3c4ccccc4c(-c4ccccc4)c4ccccc34)cc2)cc1. The van der Waals surface area contributed by atoms with E-state index in [2.05, 4.69) is 289 Å². The summed E-state index contributed by atoms with van der Waals surface area (Å²) in [6.07, 6.45) is 0. The fourth-order valence-corrected chi connectivity index (χ4v) is 10.8. The Hall–Kier alpha value is -9.24. The first kappa shape index (κ1) is 41.0. The highest BCUT2D eigenvalue weighted by Crippen LogP contribution is 2.45. The molecule has 2 nitrogen and oxygen atoms in total. The van der Waals surface area contributed by atoms with Gasteiger partial charge in [0.15, 0.2) is 0 Å². The van der Waals surface area contributed by atoms with Crippen LogP contribution in [0.3, 0.4) is 0 Å². The van der Waals surface area contributed by atoms with Crippen LogP contribution in [0.25, 0.3) is 105 Å². The third kappa shape index (κ3) is 7.13. The first-order valence-corrected chi connectivity index (χ1v) is 24.1. The second kappa shape index (κ2) is 17.4. The number of para-hydroxylation sites is 2. The molecule has 0 aliphatic rings. The number of aromatic nitrogens is 1. The lowest BCUT2D eigenvalue weighted by atomic mass is 9.86. The molecule has 0 saturated carbocycles. The van der Waals surface area contributed by atoms with E-state index in [1.54, 1.807) is 0 Å². The highest BCUT2D eigenvalue weighted by atomic mass is 15.1. The Labute approximate surface area is 408 Å². The van der Waals surface area contributed by atoms with Crippen molar-refractivity contribution in [3.05, 3.63) is 279 Å². The largest absolute Gasteiger partial charge is 0.311 e. The second-order valence-electron chi connectivity index (χ2n) is 18.0. The maximum absolute atomic E-state index is 2.44. The molecular formula is C68H46N2. The van der Waals surface area contributed by atoms with Crippen molar-refractivity contribution in [3.8, 4) is 61.3 Å². The summed E-state index contributed by atoms with van der Waals surface area (Å²) in [5.74, 6) is 0. The van der Waals surface area contributed by atoms with E-state index >= 15 is 0 Å². The van der Waals surface area contributed by atoms with E-state index < -0.39 is 0 Å². The summed E-state index contributed by atoms with van der Waals surface area (Å²) in [4.78, 5) is 2.31. The van der Waals surface area contributed by atoms with Crippen molar-refractivity contribution in [2.75, 3.05) is 4.90 Å². The van der Waals surface area contributed by atoms with Gasteiger partial charge in [-0.3, -0.25) is 0 Å². The molecule has 0 atom stereocenters. The maximum Gasteiger partial charge on any atom is 0.0541 e. The van der Waals surface area contributed by atoms with Crippen molar-refractivity contribution in [2.24, 2.45) is 0 Å². The third-order valence-electron chi connectivity index (χ3n) is 14.0. The zero-order valence-corrected chi connectivity index (χ0v) is 38.5. The molecule has 1 heterocycles. The van der Waals surface area contributed by atoms with Crippen LogP contribution in [-0.2, 0) is 0 Å². The van der Waals surface area contributed by atoms with Gasteiger partial charge in [0.2, 0.25) is 0 Å². The molecule has 2 heteroatoms. The van der Waals surface area contributed by atoms with Gasteiger partial charge in [-0.05, 0) is 150 Å². The molecule has 0 saturated heterocycles. The molecule has 0 amide bonds. The molecule has 0 aliphatic heterocycles. The first-order valence-electron chi connectivity index (χ1n) is 24.1. The van der Waals surface area contributed by atoms with Crippen LogP contribution in [-0.4, -0.2) is 4.57 Å². The summed E-state index contributed by atoms with van der Waals surface area (Å²) >= 11 is 0. The molecule has 1 aromatic heterocycles. The van der Waals surface area contributed by atoms with Crippen LogP contribution in [0.1, 0.15) is 0 Å². The van der Waals surface area contributed by atoms with Crippen LogP contribution in [0.4, 0.5) is 17.1 Å². The standard InChI is InChI=1S/C68H46N2/c1-5-19-48(20-6-1)57-27-13-14-28-58(57)52-38-44-66-64(46-52)63-45-51(47-33-39-55(40-34-47)69(53-23-9-3-10-24-53)54-25-11-4-12-26-54)37-43-65(63)70(66)56-41-35-50(36-42-56)68-61-31-17-15-29-59(61)67(49-21-7-2-8-22-49)60-30-16-18-32-62(60)68/h1-46H. The number of nitrogens with zero attached hydrogens (tertiary/aromatic N) is 2. The Balaban J connectivity index is 0.960. The van der Waals surface area contributed by atoms with Gasteiger partial charge in [0.1, 0.15) is 0 Å². The molecular weight excluding hydrogens is 845 g/mol. The van der Waals surface area contributed by atoms with Gasteiger partial charge in [-0.1, -0.05) is 206 Å².